The fraction of sp³-hybridized carbons (Fsp3) is 0.118. The van der Waals surface area contributed by atoms with E-state index in [9.17, 15) is 9.90 Å². The Morgan fingerprint density at radius 2 is 1.96 bits per heavy atom. The summed E-state index contributed by atoms with van der Waals surface area (Å²) in [6.45, 7) is 0. The van der Waals surface area contributed by atoms with E-state index in [-0.39, 0.29) is 23.2 Å². The average molecular weight is 374 g/mol. The second-order valence-electron chi connectivity index (χ2n) is 5.00. The van der Waals surface area contributed by atoms with E-state index in [4.69, 9.17) is 21.7 Å². The topological polar surface area (TPSA) is 71.9 Å². The molecule has 2 aromatic rings. The molecular weight excluding hydrogens is 360 g/mol. The van der Waals surface area contributed by atoms with Crippen molar-refractivity contribution < 1.29 is 19.4 Å². The van der Waals surface area contributed by atoms with Crippen molar-refractivity contribution in [3.8, 4) is 17.2 Å². The van der Waals surface area contributed by atoms with E-state index in [1.807, 2.05) is 0 Å². The minimum atomic E-state index is -0.228. The van der Waals surface area contributed by atoms with Crippen LogP contribution in [0.3, 0.4) is 0 Å². The van der Waals surface area contributed by atoms with Gasteiger partial charge in [-0.05, 0) is 35.9 Å². The van der Waals surface area contributed by atoms with Crippen LogP contribution in [0.5, 0.6) is 17.2 Å². The first-order valence-corrected chi connectivity index (χ1v) is 8.40. The van der Waals surface area contributed by atoms with Crippen LogP contribution in [0.1, 0.15) is 5.56 Å². The normalized spacial score (nSPS) is 15.8. The van der Waals surface area contributed by atoms with Gasteiger partial charge < -0.3 is 14.6 Å². The van der Waals surface area contributed by atoms with E-state index in [0.717, 1.165) is 0 Å². The van der Waals surface area contributed by atoms with E-state index in [0.29, 0.717) is 20.5 Å². The summed E-state index contributed by atoms with van der Waals surface area (Å²) in [6.07, 6.45) is 4.90. The first kappa shape index (κ1) is 17.2. The Kier molecular flexibility index (Phi) is 4.91. The van der Waals surface area contributed by atoms with Crippen LogP contribution in [0.25, 0.3) is 6.08 Å². The molecule has 1 aromatic carbocycles. The van der Waals surface area contributed by atoms with Crippen molar-refractivity contribution in [3.63, 3.8) is 0 Å². The van der Waals surface area contributed by atoms with Crippen LogP contribution in [-0.4, -0.2) is 34.5 Å². The highest BCUT2D eigenvalue weighted by Crippen LogP contribution is 2.40. The summed E-state index contributed by atoms with van der Waals surface area (Å²) in [5.74, 6) is 0.195. The SMILES string of the molecule is COc1cc(/C=C2\SC(=S)N(c3cccnc3)C2=O)cc(OC)c1O. The molecule has 1 aromatic heterocycles. The molecule has 3 rings (SSSR count). The Hall–Kier alpha value is -2.58. The fourth-order valence-electron chi connectivity index (χ4n) is 2.32. The number of phenols is 1. The van der Waals surface area contributed by atoms with Gasteiger partial charge in [0.1, 0.15) is 0 Å². The second-order valence-corrected chi connectivity index (χ2v) is 6.68. The van der Waals surface area contributed by atoms with E-state index >= 15 is 0 Å². The molecule has 0 unspecified atom stereocenters. The molecule has 0 aliphatic carbocycles. The van der Waals surface area contributed by atoms with Crippen LogP contribution in [0, 0.1) is 0 Å². The van der Waals surface area contributed by atoms with Crippen LogP contribution in [0.2, 0.25) is 0 Å². The Labute approximate surface area is 154 Å². The number of nitrogens with zero attached hydrogens (tertiary/aromatic N) is 2. The van der Waals surface area contributed by atoms with Crippen molar-refractivity contribution in [2.24, 2.45) is 0 Å². The van der Waals surface area contributed by atoms with Gasteiger partial charge in [-0.1, -0.05) is 24.0 Å². The highest BCUT2D eigenvalue weighted by atomic mass is 32.2. The van der Waals surface area contributed by atoms with Gasteiger partial charge in [0.25, 0.3) is 5.91 Å². The zero-order valence-corrected chi connectivity index (χ0v) is 15.1. The van der Waals surface area contributed by atoms with Crippen molar-refractivity contribution in [1.29, 1.82) is 0 Å². The molecule has 6 nitrogen and oxygen atoms in total. The number of hydrogen-bond donors (Lipinski definition) is 1. The quantitative estimate of drug-likeness (QED) is 0.651. The zero-order valence-electron chi connectivity index (χ0n) is 13.4. The fourth-order valence-corrected chi connectivity index (χ4v) is 3.62. The molecule has 25 heavy (non-hydrogen) atoms. The number of hydrogen-bond acceptors (Lipinski definition) is 7. The number of amides is 1. The lowest BCUT2D eigenvalue weighted by Gasteiger charge is -2.13. The number of methoxy groups -OCH3 is 2. The van der Waals surface area contributed by atoms with Crippen LogP contribution in [-0.2, 0) is 4.79 Å². The zero-order chi connectivity index (χ0) is 18.0. The number of thioether (sulfide) groups is 1. The lowest BCUT2D eigenvalue weighted by atomic mass is 10.1. The van der Waals surface area contributed by atoms with Crippen LogP contribution >= 0.6 is 24.0 Å². The summed E-state index contributed by atoms with van der Waals surface area (Å²) in [5, 5.41) is 9.98. The van der Waals surface area contributed by atoms with E-state index in [2.05, 4.69) is 4.98 Å². The van der Waals surface area contributed by atoms with Crippen molar-refractivity contribution in [2.75, 3.05) is 19.1 Å². The first-order chi connectivity index (χ1) is 12.0. The van der Waals surface area contributed by atoms with Crippen molar-refractivity contribution in [3.05, 3.63) is 47.1 Å². The maximum Gasteiger partial charge on any atom is 0.270 e. The minimum absolute atomic E-state index is 0.0925. The third-order valence-electron chi connectivity index (χ3n) is 3.50. The molecule has 0 spiro atoms. The molecule has 1 saturated heterocycles. The molecule has 0 bridgehead atoms. The minimum Gasteiger partial charge on any atom is -0.502 e. The maximum absolute atomic E-state index is 12.7. The largest absolute Gasteiger partial charge is 0.502 e. The molecule has 0 radical (unpaired) electrons. The molecule has 0 saturated carbocycles. The van der Waals surface area contributed by atoms with Gasteiger partial charge in [0.2, 0.25) is 5.75 Å². The summed E-state index contributed by atoms with van der Waals surface area (Å²) in [4.78, 5) is 18.6. The molecule has 1 aliphatic heterocycles. The predicted molar refractivity (Wildman–Crippen MR) is 101 cm³/mol. The third kappa shape index (κ3) is 3.31. The maximum atomic E-state index is 12.7. The highest BCUT2D eigenvalue weighted by molar-refractivity contribution is 8.27. The van der Waals surface area contributed by atoms with E-state index in [1.165, 1.54) is 30.9 Å². The monoisotopic (exact) mass is 374 g/mol. The Bertz CT molecular complexity index is 843. The number of carbonyl (C=O) groups excluding carboxylic acids is 1. The molecule has 0 atom stereocenters. The van der Waals surface area contributed by atoms with Crippen LogP contribution < -0.4 is 14.4 Å². The predicted octanol–water partition coefficient (Wildman–Crippen LogP) is 3.21. The van der Waals surface area contributed by atoms with Crippen molar-refractivity contribution in [1.82, 2.24) is 4.98 Å². The lowest BCUT2D eigenvalue weighted by Crippen LogP contribution is -2.27. The number of ether oxygens (including phenoxy) is 2. The average Bonchev–Trinajstić information content (AvgIpc) is 2.90. The number of anilines is 1. The van der Waals surface area contributed by atoms with Gasteiger partial charge in [0.05, 0.1) is 31.0 Å². The van der Waals surface area contributed by atoms with Gasteiger partial charge in [0, 0.05) is 6.20 Å². The number of phenolic OH excluding ortho intramolecular Hbond substituents is 1. The molecule has 1 fully saturated rings. The molecule has 1 N–H and O–H groups in total. The number of rotatable bonds is 4. The molecule has 8 heteroatoms. The second kappa shape index (κ2) is 7.12. The summed E-state index contributed by atoms with van der Waals surface area (Å²) in [6, 6.07) is 6.75. The number of thiocarbonyl (C=S) groups is 1. The van der Waals surface area contributed by atoms with Gasteiger partial charge in [0.15, 0.2) is 15.8 Å². The standard InChI is InChI=1S/C17H14N2O4S2/c1-22-12-6-10(7-13(23-2)15(12)20)8-14-16(21)19(17(24)25-14)11-4-3-5-18-9-11/h3-9,20H,1-2H3/b14-8-. The molecule has 2 heterocycles. The summed E-state index contributed by atoms with van der Waals surface area (Å²) in [7, 11) is 2.89. The number of aromatic nitrogens is 1. The smallest absolute Gasteiger partial charge is 0.270 e. The van der Waals surface area contributed by atoms with Gasteiger partial charge >= 0.3 is 0 Å². The Morgan fingerprint density at radius 1 is 1.28 bits per heavy atom. The number of benzene rings is 1. The van der Waals surface area contributed by atoms with Crippen LogP contribution in [0.4, 0.5) is 5.69 Å². The van der Waals surface area contributed by atoms with Crippen LogP contribution in [0.15, 0.2) is 41.6 Å². The van der Waals surface area contributed by atoms with Gasteiger partial charge in [-0.15, -0.1) is 0 Å². The van der Waals surface area contributed by atoms with Gasteiger partial charge in [-0.25, -0.2) is 0 Å². The first-order valence-electron chi connectivity index (χ1n) is 7.18. The van der Waals surface area contributed by atoms with Gasteiger partial charge in [-0.3, -0.25) is 14.7 Å². The van der Waals surface area contributed by atoms with Crippen molar-refractivity contribution in [2.45, 2.75) is 0 Å². The molecular formula is C17H14N2O4S2. The Balaban J connectivity index is 1.98. The van der Waals surface area contributed by atoms with E-state index in [1.54, 1.807) is 42.7 Å². The number of aromatic hydroxyl groups is 1. The molecule has 1 amide bonds. The number of pyridine rings is 1. The molecule has 1 aliphatic rings. The Morgan fingerprint density at radius 3 is 2.52 bits per heavy atom. The van der Waals surface area contributed by atoms with E-state index < -0.39 is 0 Å². The summed E-state index contributed by atoms with van der Waals surface area (Å²) in [5.41, 5.74) is 1.27. The lowest BCUT2D eigenvalue weighted by molar-refractivity contribution is -0.113. The summed E-state index contributed by atoms with van der Waals surface area (Å²) >= 11 is 6.52. The summed E-state index contributed by atoms with van der Waals surface area (Å²) < 4.78 is 10.7. The third-order valence-corrected chi connectivity index (χ3v) is 4.80. The molecule has 128 valence electrons. The number of carbonyl (C=O) groups is 1. The van der Waals surface area contributed by atoms with Gasteiger partial charge in [-0.2, -0.15) is 0 Å². The van der Waals surface area contributed by atoms with Crippen molar-refractivity contribution >= 4 is 46.0 Å². The highest BCUT2D eigenvalue weighted by Gasteiger charge is 2.33.